The van der Waals surface area contributed by atoms with Gasteiger partial charge in [0, 0.05) is 17.3 Å². The molecule has 1 aliphatic rings. The van der Waals surface area contributed by atoms with Crippen LogP contribution in [-0.4, -0.2) is 37.3 Å². The Morgan fingerprint density at radius 3 is 2.79 bits per heavy atom. The standard InChI is InChI=1S/C21H21N5O2.ClH/c27-15-5-7-16(8-6-15)28-19-3-1-2-13-11-22-21(26-20(13)19)25-14-4-9-17-18(10-14)24-12-23-17;/h1-4,9-12,15-16,27H,5-8H2,(H,23,24)(H,22,25,26);1H. The first-order valence-corrected chi connectivity index (χ1v) is 9.55. The number of aliphatic hydroxyl groups is 1. The molecule has 0 atom stereocenters. The number of halogens is 1. The van der Waals surface area contributed by atoms with Crippen LogP contribution in [0.1, 0.15) is 25.7 Å². The Labute approximate surface area is 174 Å². The Bertz CT molecular complexity index is 1120. The van der Waals surface area contributed by atoms with Gasteiger partial charge in [0.25, 0.3) is 0 Å². The quantitative estimate of drug-likeness (QED) is 0.462. The van der Waals surface area contributed by atoms with Gasteiger partial charge in [-0.3, -0.25) is 0 Å². The molecule has 4 aromatic rings. The van der Waals surface area contributed by atoms with E-state index >= 15 is 0 Å². The van der Waals surface area contributed by atoms with Crippen molar-refractivity contribution in [3.05, 3.63) is 48.9 Å². The Morgan fingerprint density at radius 1 is 1.07 bits per heavy atom. The van der Waals surface area contributed by atoms with E-state index in [9.17, 15) is 5.11 Å². The number of nitrogens with one attached hydrogen (secondary N) is 2. The molecule has 1 saturated carbocycles. The zero-order valence-electron chi connectivity index (χ0n) is 15.7. The smallest absolute Gasteiger partial charge is 0.227 e. The minimum absolute atomic E-state index is 0. The molecule has 29 heavy (non-hydrogen) atoms. The second kappa shape index (κ2) is 8.23. The van der Waals surface area contributed by atoms with E-state index < -0.39 is 0 Å². The van der Waals surface area contributed by atoms with E-state index in [0.29, 0.717) is 5.95 Å². The molecule has 0 amide bonds. The third kappa shape index (κ3) is 4.11. The summed E-state index contributed by atoms with van der Waals surface area (Å²) in [4.78, 5) is 16.5. The Kier molecular flexibility index (Phi) is 5.51. The molecule has 2 heterocycles. The zero-order valence-corrected chi connectivity index (χ0v) is 16.5. The number of hydrogen-bond donors (Lipinski definition) is 3. The van der Waals surface area contributed by atoms with E-state index in [0.717, 1.165) is 59.1 Å². The summed E-state index contributed by atoms with van der Waals surface area (Å²) in [6.07, 6.45) is 6.68. The van der Waals surface area contributed by atoms with Gasteiger partial charge in [-0.1, -0.05) is 12.1 Å². The van der Waals surface area contributed by atoms with Crippen molar-refractivity contribution in [3.8, 4) is 5.75 Å². The summed E-state index contributed by atoms with van der Waals surface area (Å²) in [6, 6.07) is 11.8. The Hall–Kier alpha value is -2.90. The van der Waals surface area contributed by atoms with Gasteiger partial charge in [0.1, 0.15) is 11.3 Å². The second-order valence-corrected chi connectivity index (χ2v) is 7.20. The fourth-order valence-electron chi connectivity index (χ4n) is 3.67. The molecule has 2 aromatic carbocycles. The molecule has 1 aliphatic carbocycles. The van der Waals surface area contributed by atoms with Gasteiger partial charge in [0.15, 0.2) is 0 Å². The average Bonchev–Trinajstić information content (AvgIpc) is 3.18. The van der Waals surface area contributed by atoms with Crippen molar-refractivity contribution < 1.29 is 9.84 Å². The lowest BCUT2D eigenvalue weighted by molar-refractivity contribution is 0.0672. The molecule has 0 radical (unpaired) electrons. The van der Waals surface area contributed by atoms with Crippen LogP contribution in [-0.2, 0) is 0 Å². The summed E-state index contributed by atoms with van der Waals surface area (Å²) in [6.45, 7) is 0. The molecule has 5 rings (SSSR count). The lowest BCUT2D eigenvalue weighted by Gasteiger charge is -2.26. The van der Waals surface area contributed by atoms with Crippen LogP contribution in [0.15, 0.2) is 48.9 Å². The van der Waals surface area contributed by atoms with E-state index in [4.69, 9.17) is 9.72 Å². The lowest BCUT2D eigenvalue weighted by Crippen LogP contribution is -2.26. The third-order valence-corrected chi connectivity index (χ3v) is 5.19. The summed E-state index contributed by atoms with van der Waals surface area (Å²) in [5, 5.41) is 13.9. The molecule has 1 fully saturated rings. The second-order valence-electron chi connectivity index (χ2n) is 7.20. The Morgan fingerprint density at radius 2 is 1.93 bits per heavy atom. The number of aromatic nitrogens is 4. The molecule has 0 bridgehead atoms. The highest BCUT2D eigenvalue weighted by Gasteiger charge is 2.21. The highest BCUT2D eigenvalue weighted by atomic mass is 35.5. The lowest BCUT2D eigenvalue weighted by atomic mass is 9.95. The SMILES string of the molecule is Cl.OC1CCC(Oc2cccc3cnc(Nc4ccc5nc[nH]c5c4)nc23)CC1. The van der Waals surface area contributed by atoms with Gasteiger partial charge in [0.2, 0.25) is 5.95 Å². The highest BCUT2D eigenvalue weighted by Crippen LogP contribution is 2.29. The van der Waals surface area contributed by atoms with Crippen molar-refractivity contribution in [1.82, 2.24) is 19.9 Å². The Balaban J connectivity index is 0.00000205. The maximum atomic E-state index is 9.70. The molecule has 3 N–H and O–H groups in total. The number of hydrogen-bond acceptors (Lipinski definition) is 6. The minimum Gasteiger partial charge on any atom is -0.488 e. The van der Waals surface area contributed by atoms with Crippen molar-refractivity contribution in [3.63, 3.8) is 0 Å². The first-order valence-electron chi connectivity index (χ1n) is 9.55. The van der Waals surface area contributed by atoms with Crippen LogP contribution in [0, 0.1) is 0 Å². The summed E-state index contributed by atoms with van der Waals surface area (Å²) in [7, 11) is 0. The molecule has 8 heteroatoms. The van der Waals surface area contributed by atoms with E-state index in [-0.39, 0.29) is 24.6 Å². The van der Waals surface area contributed by atoms with Crippen molar-refractivity contribution in [2.24, 2.45) is 0 Å². The molecule has 150 valence electrons. The van der Waals surface area contributed by atoms with Gasteiger partial charge >= 0.3 is 0 Å². The number of H-pyrrole nitrogens is 1. The predicted molar refractivity (Wildman–Crippen MR) is 115 cm³/mol. The van der Waals surface area contributed by atoms with Gasteiger partial charge in [-0.15, -0.1) is 12.4 Å². The van der Waals surface area contributed by atoms with Gasteiger partial charge in [0.05, 0.1) is 29.6 Å². The van der Waals surface area contributed by atoms with Crippen LogP contribution in [0.3, 0.4) is 0 Å². The van der Waals surface area contributed by atoms with Crippen molar-refractivity contribution in [2.45, 2.75) is 37.9 Å². The number of nitrogens with zero attached hydrogens (tertiary/aromatic N) is 3. The first kappa shape index (κ1) is 19.4. The molecule has 0 aliphatic heterocycles. The van der Waals surface area contributed by atoms with Crippen LogP contribution < -0.4 is 10.1 Å². The molecule has 0 spiro atoms. The van der Waals surface area contributed by atoms with Crippen LogP contribution in [0.5, 0.6) is 5.75 Å². The van der Waals surface area contributed by atoms with Gasteiger partial charge in [-0.2, -0.15) is 0 Å². The largest absolute Gasteiger partial charge is 0.488 e. The molecule has 0 unspecified atom stereocenters. The van der Waals surface area contributed by atoms with E-state index in [1.54, 1.807) is 12.5 Å². The summed E-state index contributed by atoms with van der Waals surface area (Å²) < 4.78 is 6.23. The summed E-state index contributed by atoms with van der Waals surface area (Å²) in [5.41, 5.74) is 3.54. The van der Waals surface area contributed by atoms with Crippen LogP contribution in [0.25, 0.3) is 21.9 Å². The number of rotatable bonds is 4. The minimum atomic E-state index is -0.197. The monoisotopic (exact) mass is 411 g/mol. The fraction of sp³-hybridized carbons (Fsp3) is 0.286. The van der Waals surface area contributed by atoms with Gasteiger partial charge in [-0.25, -0.2) is 15.0 Å². The van der Waals surface area contributed by atoms with E-state index in [2.05, 4.69) is 20.3 Å². The molecular weight excluding hydrogens is 390 g/mol. The van der Waals surface area contributed by atoms with Crippen molar-refractivity contribution in [1.29, 1.82) is 0 Å². The zero-order chi connectivity index (χ0) is 18.9. The van der Waals surface area contributed by atoms with Crippen LogP contribution in [0.4, 0.5) is 11.6 Å². The molecule has 7 nitrogen and oxygen atoms in total. The van der Waals surface area contributed by atoms with Gasteiger partial charge < -0.3 is 20.1 Å². The van der Waals surface area contributed by atoms with Gasteiger partial charge in [-0.05, 0) is 49.9 Å². The molecule has 0 saturated heterocycles. The number of imidazole rings is 1. The predicted octanol–water partition coefficient (Wildman–Crippen LogP) is 4.35. The number of anilines is 2. The number of aliphatic hydroxyl groups excluding tert-OH is 1. The molecule has 2 aromatic heterocycles. The fourth-order valence-corrected chi connectivity index (χ4v) is 3.67. The molecular formula is C21H22ClN5O2. The maximum absolute atomic E-state index is 9.70. The summed E-state index contributed by atoms with van der Waals surface area (Å²) in [5.74, 6) is 1.27. The first-order chi connectivity index (χ1) is 13.7. The number of fused-ring (bicyclic) bond motifs is 2. The number of aromatic amines is 1. The highest BCUT2D eigenvalue weighted by molar-refractivity contribution is 5.86. The topological polar surface area (TPSA) is 96.0 Å². The normalized spacial score (nSPS) is 19.1. The van der Waals surface area contributed by atoms with Crippen LogP contribution >= 0.6 is 12.4 Å². The number of benzene rings is 2. The van der Waals surface area contributed by atoms with Crippen molar-refractivity contribution >= 4 is 46.0 Å². The summed E-state index contributed by atoms with van der Waals surface area (Å²) >= 11 is 0. The van der Waals surface area contributed by atoms with Crippen molar-refractivity contribution in [2.75, 3.05) is 5.32 Å². The third-order valence-electron chi connectivity index (χ3n) is 5.19. The maximum Gasteiger partial charge on any atom is 0.227 e. The number of para-hydroxylation sites is 1. The average molecular weight is 412 g/mol. The van der Waals surface area contributed by atoms with E-state index in [1.165, 1.54) is 0 Å². The van der Waals surface area contributed by atoms with E-state index in [1.807, 2.05) is 36.4 Å². The number of ether oxygens (including phenoxy) is 1. The van der Waals surface area contributed by atoms with Crippen LogP contribution in [0.2, 0.25) is 0 Å².